The van der Waals surface area contributed by atoms with Crippen molar-refractivity contribution in [2.24, 2.45) is 0 Å². The van der Waals surface area contributed by atoms with Gasteiger partial charge in [-0.25, -0.2) is 4.79 Å². The second-order valence-corrected chi connectivity index (χ2v) is 4.20. The van der Waals surface area contributed by atoms with Crippen molar-refractivity contribution in [3.63, 3.8) is 0 Å². The Morgan fingerprint density at radius 3 is 2.60 bits per heavy atom. The van der Waals surface area contributed by atoms with Crippen LogP contribution in [0.5, 0.6) is 0 Å². The van der Waals surface area contributed by atoms with E-state index in [1.807, 2.05) is 30.3 Å². The van der Waals surface area contributed by atoms with E-state index in [-0.39, 0.29) is 25.5 Å². The van der Waals surface area contributed by atoms with Gasteiger partial charge in [0.05, 0.1) is 19.8 Å². The van der Waals surface area contributed by atoms with Crippen LogP contribution in [-0.4, -0.2) is 43.3 Å². The maximum absolute atomic E-state index is 11.5. The number of carboxylic acid groups (broad SMARTS) is 1. The summed E-state index contributed by atoms with van der Waals surface area (Å²) in [6, 6.07) is 8.57. The highest BCUT2D eigenvalue weighted by Crippen LogP contribution is 2.00. The van der Waals surface area contributed by atoms with Crippen LogP contribution in [0.3, 0.4) is 0 Å². The van der Waals surface area contributed by atoms with Gasteiger partial charge in [0.1, 0.15) is 0 Å². The van der Waals surface area contributed by atoms with Crippen molar-refractivity contribution in [2.45, 2.75) is 19.1 Å². The Balaban J connectivity index is 2.21. The molecule has 6 nitrogen and oxygen atoms in total. The average molecular weight is 281 g/mol. The monoisotopic (exact) mass is 281 g/mol. The maximum atomic E-state index is 11.5. The van der Waals surface area contributed by atoms with Crippen molar-refractivity contribution in [1.82, 2.24) is 5.32 Å². The molecule has 2 N–H and O–H groups in total. The number of benzene rings is 1. The molecule has 20 heavy (non-hydrogen) atoms. The van der Waals surface area contributed by atoms with E-state index in [1.54, 1.807) is 0 Å². The van der Waals surface area contributed by atoms with Gasteiger partial charge < -0.3 is 19.9 Å². The van der Waals surface area contributed by atoms with E-state index in [2.05, 4.69) is 5.32 Å². The van der Waals surface area contributed by atoms with E-state index >= 15 is 0 Å². The number of ether oxygens (including phenoxy) is 2. The molecule has 1 aromatic rings. The number of hydrogen-bond acceptors (Lipinski definition) is 4. The van der Waals surface area contributed by atoms with Crippen LogP contribution >= 0.6 is 0 Å². The standard InChI is InChI=1S/C14H19NO5/c1-19-10-12(14(17)18)15-13(16)7-8-20-9-11-5-3-2-4-6-11/h2-6,12H,7-10H2,1H3,(H,15,16)(H,17,18). The van der Waals surface area contributed by atoms with Crippen molar-refractivity contribution >= 4 is 11.9 Å². The molecular weight excluding hydrogens is 262 g/mol. The molecule has 0 aromatic heterocycles. The van der Waals surface area contributed by atoms with Crippen LogP contribution in [0.15, 0.2) is 30.3 Å². The number of carboxylic acids is 1. The molecule has 1 amide bonds. The van der Waals surface area contributed by atoms with Crippen LogP contribution in [0.25, 0.3) is 0 Å². The van der Waals surface area contributed by atoms with Crippen molar-refractivity contribution in [2.75, 3.05) is 20.3 Å². The number of amides is 1. The number of aliphatic carboxylic acids is 1. The quantitative estimate of drug-likeness (QED) is 0.654. The summed E-state index contributed by atoms with van der Waals surface area (Å²) in [7, 11) is 1.38. The fourth-order valence-electron chi connectivity index (χ4n) is 1.54. The smallest absolute Gasteiger partial charge is 0.328 e. The number of hydrogen-bond donors (Lipinski definition) is 2. The van der Waals surface area contributed by atoms with E-state index in [1.165, 1.54) is 7.11 Å². The fraction of sp³-hybridized carbons (Fsp3) is 0.429. The van der Waals surface area contributed by atoms with E-state index in [0.717, 1.165) is 5.56 Å². The fourth-order valence-corrected chi connectivity index (χ4v) is 1.54. The molecule has 0 saturated carbocycles. The van der Waals surface area contributed by atoms with Crippen LogP contribution in [0.2, 0.25) is 0 Å². The van der Waals surface area contributed by atoms with Crippen LogP contribution in [0, 0.1) is 0 Å². The average Bonchev–Trinajstić information content (AvgIpc) is 2.44. The molecule has 0 heterocycles. The van der Waals surface area contributed by atoms with E-state index in [0.29, 0.717) is 6.61 Å². The van der Waals surface area contributed by atoms with Gasteiger partial charge in [-0.15, -0.1) is 0 Å². The number of methoxy groups -OCH3 is 1. The molecule has 0 spiro atoms. The van der Waals surface area contributed by atoms with Gasteiger partial charge in [0.2, 0.25) is 5.91 Å². The second kappa shape index (κ2) is 9.06. The minimum atomic E-state index is -1.12. The molecule has 0 fully saturated rings. The normalized spacial score (nSPS) is 11.8. The van der Waals surface area contributed by atoms with Gasteiger partial charge in [-0.2, -0.15) is 0 Å². The number of nitrogens with one attached hydrogen (secondary N) is 1. The van der Waals surface area contributed by atoms with E-state index in [9.17, 15) is 9.59 Å². The summed E-state index contributed by atoms with van der Waals surface area (Å²) < 4.78 is 10.1. The number of rotatable bonds is 9. The molecule has 1 atom stereocenters. The molecule has 1 rings (SSSR count). The highest BCUT2D eigenvalue weighted by molar-refractivity contribution is 5.83. The van der Waals surface area contributed by atoms with Crippen LogP contribution in [0.4, 0.5) is 0 Å². The lowest BCUT2D eigenvalue weighted by molar-refractivity contribution is -0.143. The lowest BCUT2D eigenvalue weighted by Gasteiger charge is -2.13. The lowest BCUT2D eigenvalue weighted by atomic mass is 10.2. The summed E-state index contributed by atoms with van der Waals surface area (Å²) in [5, 5.41) is 11.2. The second-order valence-electron chi connectivity index (χ2n) is 4.20. The Morgan fingerprint density at radius 2 is 2.00 bits per heavy atom. The molecule has 0 aliphatic heterocycles. The minimum absolute atomic E-state index is 0.0635. The first-order valence-corrected chi connectivity index (χ1v) is 6.26. The zero-order valence-corrected chi connectivity index (χ0v) is 11.4. The van der Waals surface area contributed by atoms with E-state index in [4.69, 9.17) is 14.6 Å². The van der Waals surface area contributed by atoms with Crippen LogP contribution in [0.1, 0.15) is 12.0 Å². The van der Waals surface area contributed by atoms with Gasteiger partial charge >= 0.3 is 5.97 Å². The molecule has 0 bridgehead atoms. The molecule has 110 valence electrons. The van der Waals surface area contributed by atoms with Crippen molar-refractivity contribution < 1.29 is 24.2 Å². The zero-order chi connectivity index (χ0) is 14.8. The molecule has 6 heteroatoms. The SMILES string of the molecule is COCC(NC(=O)CCOCc1ccccc1)C(=O)O. The maximum Gasteiger partial charge on any atom is 0.328 e. The summed E-state index contributed by atoms with van der Waals surface area (Å²) in [6.45, 7) is 0.598. The first kappa shape index (κ1) is 16.1. The predicted octanol–water partition coefficient (Wildman–Crippen LogP) is 0.809. The summed E-state index contributed by atoms with van der Waals surface area (Å²) in [5.74, 6) is -1.49. The zero-order valence-electron chi connectivity index (χ0n) is 11.4. The molecule has 1 aromatic carbocycles. The predicted molar refractivity (Wildman–Crippen MR) is 72.2 cm³/mol. The number of carbonyl (C=O) groups excluding carboxylic acids is 1. The Morgan fingerprint density at radius 1 is 1.30 bits per heavy atom. The number of carbonyl (C=O) groups is 2. The van der Waals surface area contributed by atoms with Gasteiger partial charge in [0.15, 0.2) is 6.04 Å². The first-order chi connectivity index (χ1) is 9.63. The van der Waals surface area contributed by atoms with Gasteiger partial charge in [-0.3, -0.25) is 4.79 Å². The van der Waals surface area contributed by atoms with Crippen molar-refractivity contribution in [3.8, 4) is 0 Å². The van der Waals surface area contributed by atoms with Crippen LogP contribution < -0.4 is 5.32 Å². The molecule has 1 unspecified atom stereocenters. The highest BCUT2D eigenvalue weighted by Gasteiger charge is 2.19. The third kappa shape index (κ3) is 6.31. The third-order valence-electron chi connectivity index (χ3n) is 2.55. The van der Waals surface area contributed by atoms with Gasteiger partial charge in [-0.1, -0.05) is 30.3 Å². The van der Waals surface area contributed by atoms with Gasteiger partial charge in [0.25, 0.3) is 0 Å². The Hall–Kier alpha value is -1.92. The largest absolute Gasteiger partial charge is 0.480 e. The minimum Gasteiger partial charge on any atom is -0.480 e. The molecule has 0 radical (unpaired) electrons. The first-order valence-electron chi connectivity index (χ1n) is 6.26. The Kier molecular flexibility index (Phi) is 7.31. The molecule has 0 aliphatic rings. The Labute approximate surface area is 117 Å². The highest BCUT2D eigenvalue weighted by atomic mass is 16.5. The third-order valence-corrected chi connectivity index (χ3v) is 2.55. The molecule has 0 saturated heterocycles. The van der Waals surface area contributed by atoms with Crippen LogP contribution in [-0.2, 0) is 25.7 Å². The summed E-state index contributed by atoms with van der Waals surface area (Å²) in [6.07, 6.45) is 0.111. The van der Waals surface area contributed by atoms with E-state index < -0.39 is 12.0 Å². The van der Waals surface area contributed by atoms with Crippen molar-refractivity contribution in [3.05, 3.63) is 35.9 Å². The summed E-state index contributed by atoms with van der Waals surface area (Å²) in [4.78, 5) is 22.3. The summed E-state index contributed by atoms with van der Waals surface area (Å²) in [5.41, 5.74) is 1.02. The summed E-state index contributed by atoms with van der Waals surface area (Å²) >= 11 is 0. The molecular formula is C14H19NO5. The van der Waals surface area contributed by atoms with Gasteiger partial charge in [-0.05, 0) is 5.56 Å². The Bertz CT molecular complexity index is 421. The molecule has 0 aliphatic carbocycles. The van der Waals surface area contributed by atoms with Crippen molar-refractivity contribution in [1.29, 1.82) is 0 Å². The van der Waals surface area contributed by atoms with Gasteiger partial charge in [0, 0.05) is 13.5 Å². The topological polar surface area (TPSA) is 84.9 Å². The lowest BCUT2D eigenvalue weighted by Crippen LogP contribution is -2.44.